The number of rotatable bonds is 6. The summed E-state index contributed by atoms with van der Waals surface area (Å²) < 4.78 is 14.8. The van der Waals surface area contributed by atoms with Crippen molar-refractivity contribution in [3.8, 4) is 11.4 Å². The maximum atomic E-state index is 12.8. The second-order valence-corrected chi connectivity index (χ2v) is 8.26. The molecule has 1 N–H and O–H groups in total. The summed E-state index contributed by atoms with van der Waals surface area (Å²) in [4.78, 5) is 36.6. The van der Waals surface area contributed by atoms with Crippen molar-refractivity contribution in [2.45, 2.75) is 39.3 Å². The summed E-state index contributed by atoms with van der Waals surface area (Å²) in [5, 5.41) is 3.45. The molecule has 162 valence electrons. The van der Waals surface area contributed by atoms with E-state index in [4.69, 9.17) is 4.98 Å². The Labute approximate surface area is 179 Å². The maximum absolute atomic E-state index is 12.8. The third kappa shape index (κ3) is 3.60. The molecular formula is C21H25FN8O. The van der Waals surface area contributed by atoms with E-state index in [0.29, 0.717) is 43.2 Å². The molecule has 0 radical (unpaired) electrons. The first-order valence-corrected chi connectivity index (χ1v) is 10.7. The monoisotopic (exact) mass is 424 g/mol. The molecule has 10 heteroatoms. The van der Waals surface area contributed by atoms with Gasteiger partial charge < -0.3 is 14.8 Å². The Kier molecular flexibility index (Phi) is 4.99. The molecule has 0 spiro atoms. The van der Waals surface area contributed by atoms with Gasteiger partial charge in [0.05, 0.1) is 12.2 Å². The van der Waals surface area contributed by atoms with E-state index < -0.39 is 6.67 Å². The summed E-state index contributed by atoms with van der Waals surface area (Å²) in [5.74, 6) is 1.97. The van der Waals surface area contributed by atoms with Gasteiger partial charge in [-0.3, -0.25) is 9.18 Å². The lowest BCUT2D eigenvalue weighted by atomic mass is 10.2. The molecule has 1 aliphatic heterocycles. The number of imidazole rings is 1. The number of anilines is 1. The van der Waals surface area contributed by atoms with E-state index in [9.17, 15) is 9.18 Å². The van der Waals surface area contributed by atoms with Crippen molar-refractivity contribution in [1.82, 2.24) is 34.4 Å². The molecule has 1 saturated heterocycles. The van der Waals surface area contributed by atoms with Crippen LogP contribution in [0.1, 0.15) is 25.6 Å². The normalized spacial score (nSPS) is 22.8. The third-order valence-electron chi connectivity index (χ3n) is 6.17. The lowest BCUT2D eigenvalue weighted by Crippen LogP contribution is -2.33. The number of carbonyl (C=O) groups excluding carboxylic acids is 1. The number of aromatic nitrogens is 6. The largest absolute Gasteiger partial charge is 0.364 e. The van der Waals surface area contributed by atoms with E-state index in [1.54, 1.807) is 12.4 Å². The maximum Gasteiger partial charge on any atom is 0.226 e. The molecule has 0 bridgehead atoms. The molecular weight excluding hydrogens is 399 g/mol. The average molecular weight is 424 g/mol. The summed E-state index contributed by atoms with van der Waals surface area (Å²) in [6.45, 7) is 5.44. The second-order valence-electron chi connectivity index (χ2n) is 8.26. The number of fused-ring (bicyclic) bond motifs is 1. The highest BCUT2D eigenvalue weighted by Gasteiger charge is 2.46. The lowest BCUT2D eigenvalue weighted by Gasteiger charge is -2.17. The molecule has 1 aliphatic carbocycles. The Hall–Kier alpha value is -3.17. The van der Waals surface area contributed by atoms with Crippen molar-refractivity contribution in [3.63, 3.8) is 0 Å². The predicted octanol–water partition coefficient (Wildman–Crippen LogP) is 2.23. The Bertz CT molecular complexity index is 1110. The van der Waals surface area contributed by atoms with Crippen LogP contribution >= 0.6 is 0 Å². The molecule has 1 saturated carbocycles. The smallest absolute Gasteiger partial charge is 0.226 e. The summed E-state index contributed by atoms with van der Waals surface area (Å²) in [7, 11) is 0. The number of amides is 1. The van der Waals surface area contributed by atoms with E-state index in [2.05, 4.69) is 25.3 Å². The number of carbonyl (C=O) groups is 1. The van der Waals surface area contributed by atoms with Gasteiger partial charge in [0.25, 0.3) is 0 Å². The topological polar surface area (TPSA) is 102 Å². The molecule has 1 amide bonds. The Morgan fingerprint density at radius 1 is 1.26 bits per heavy atom. The number of aryl methyl sites for hydroxylation is 2. The quantitative estimate of drug-likeness (QED) is 0.647. The van der Waals surface area contributed by atoms with Crippen molar-refractivity contribution in [3.05, 3.63) is 24.5 Å². The average Bonchev–Trinajstić information content (AvgIpc) is 3.26. The third-order valence-corrected chi connectivity index (χ3v) is 6.17. The van der Waals surface area contributed by atoms with Gasteiger partial charge in [-0.25, -0.2) is 24.9 Å². The minimum Gasteiger partial charge on any atom is -0.364 e. The van der Waals surface area contributed by atoms with E-state index >= 15 is 0 Å². The molecule has 3 aromatic heterocycles. The summed E-state index contributed by atoms with van der Waals surface area (Å²) in [5.41, 5.74) is 2.25. The lowest BCUT2D eigenvalue weighted by molar-refractivity contribution is -0.131. The summed E-state index contributed by atoms with van der Waals surface area (Å²) in [6.07, 6.45) is 6.55. The zero-order chi connectivity index (χ0) is 21.5. The predicted molar refractivity (Wildman–Crippen MR) is 113 cm³/mol. The first-order valence-electron chi connectivity index (χ1n) is 10.7. The number of nitrogens with one attached hydrogen (secondary N) is 1. The van der Waals surface area contributed by atoms with Gasteiger partial charge in [-0.05, 0) is 32.6 Å². The van der Waals surface area contributed by atoms with E-state index in [0.717, 1.165) is 23.5 Å². The van der Waals surface area contributed by atoms with Crippen molar-refractivity contribution < 1.29 is 9.18 Å². The minimum atomic E-state index is -0.403. The van der Waals surface area contributed by atoms with Crippen molar-refractivity contribution in [2.24, 2.45) is 11.8 Å². The summed E-state index contributed by atoms with van der Waals surface area (Å²) in [6, 6.07) is 0.0718. The number of hydrogen-bond donors (Lipinski definition) is 1. The minimum absolute atomic E-state index is 0.0718. The van der Waals surface area contributed by atoms with E-state index in [1.165, 1.54) is 6.33 Å². The molecule has 5 rings (SSSR count). The van der Waals surface area contributed by atoms with Crippen LogP contribution in [0.4, 0.5) is 10.2 Å². The number of likely N-dealkylation sites (tertiary alicyclic amines) is 1. The molecule has 31 heavy (non-hydrogen) atoms. The zero-order valence-corrected chi connectivity index (χ0v) is 17.6. The van der Waals surface area contributed by atoms with Gasteiger partial charge in [0.1, 0.15) is 18.0 Å². The standard InChI is InChI=1S/C21H25FN8O/c1-3-30-19(14-8-23-12(2)24-9-14)28-17-18(25-11-26-20(17)30)27-15-4-5-29(10-15)21(31)16-6-13(16)7-22/h8-9,11,13,15-16H,3-7,10H2,1-2H3,(H,25,26,27). The van der Waals surface area contributed by atoms with E-state index in [-0.39, 0.29) is 23.8 Å². The van der Waals surface area contributed by atoms with Crippen LogP contribution in [0.25, 0.3) is 22.6 Å². The second kappa shape index (κ2) is 7.82. The first-order chi connectivity index (χ1) is 15.1. The van der Waals surface area contributed by atoms with Crippen molar-refractivity contribution in [1.29, 1.82) is 0 Å². The Morgan fingerprint density at radius 3 is 2.77 bits per heavy atom. The van der Waals surface area contributed by atoms with Crippen molar-refractivity contribution in [2.75, 3.05) is 25.1 Å². The molecule has 3 aromatic rings. The van der Waals surface area contributed by atoms with Crippen LogP contribution in [0.2, 0.25) is 0 Å². The fourth-order valence-electron chi connectivity index (χ4n) is 4.30. The Morgan fingerprint density at radius 2 is 2.06 bits per heavy atom. The highest BCUT2D eigenvalue weighted by atomic mass is 19.1. The van der Waals surface area contributed by atoms with Gasteiger partial charge in [-0.2, -0.15) is 0 Å². The molecule has 9 nitrogen and oxygen atoms in total. The van der Waals surface area contributed by atoms with Crippen LogP contribution < -0.4 is 5.32 Å². The molecule has 4 heterocycles. The molecule has 0 aromatic carbocycles. The zero-order valence-electron chi connectivity index (χ0n) is 17.6. The van der Waals surface area contributed by atoms with Gasteiger partial charge in [-0.15, -0.1) is 0 Å². The van der Waals surface area contributed by atoms with Crippen LogP contribution in [-0.2, 0) is 11.3 Å². The van der Waals surface area contributed by atoms with Gasteiger partial charge >= 0.3 is 0 Å². The van der Waals surface area contributed by atoms with Gasteiger partial charge in [-0.1, -0.05) is 0 Å². The summed E-state index contributed by atoms with van der Waals surface area (Å²) >= 11 is 0. The number of alkyl halides is 1. The number of nitrogens with zero attached hydrogens (tertiary/aromatic N) is 7. The van der Waals surface area contributed by atoms with Crippen LogP contribution in [-0.4, -0.2) is 66.1 Å². The van der Waals surface area contributed by atoms with Crippen LogP contribution in [0, 0.1) is 18.8 Å². The fraction of sp³-hybridized carbons (Fsp3) is 0.524. The number of halogens is 1. The van der Waals surface area contributed by atoms with Crippen LogP contribution in [0.3, 0.4) is 0 Å². The van der Waals surface area contributed by atoms with Crippen molar-refractivity contribution >= 4 is 22.9 Å². The molecule has 2 fully saturated rings. The van der Waals surface area contributed by atoms with Gasteiger partial charge in [0.15, 0.2) is 17.0 Å². The van der Waals surface area contributed by atoms with E-state index in [1.807, 2.05) is 23.3 Å². The SMILES string of the molecule is CCn1c(-c2cnc(C)nc2)nc2c(NC3CCN(C(=O)C4CC4CF)C3)ncnc21. The van der Waals surface area contributed by atoms with Gasteiger partial charge in [0.2, 0.25) is 5.91 Å². The number of hydrogen-bond acceptors (Lipinski definition) is 7. The highest BCUT2D eigenvalue weighted by molar-refractivity contribution is 5.86. The molecule has 3 atom stereocenters. The highest BCUT2D eigenvalue weighted by Crippen LogP contribution is 2.40. The Balaban J connectivity index is 1.38. The fourth-order valence-corrected chi connectivity index (χ4v) is 4.30. The van der Waals surface area contributed by atoms with Crippen LogP contribution in [0.15, 0.2) is 18.7 Å². The molecule has 3 unspecified atom stereocenters. The van der Waals surface area contributed by atoms with Crippen LogP contribution in [0.5, 0.6) is 0 Å². The molecule has 2 aliphatic rings. The van der Waals surface area contributed by atoms with Gasteiger partial charge in [0, 0.05) is 44.0 Å². The first kappa shape index (κ1) is 19.8.